The Hall–Kier alpha value is -2.33. The monoisotopic (exact) mass is 298 g/mol. The van der Waals surface area contributed by atoms with Crippen molar-refractivity contribution in [2.24, 2.45) is 0 Å². The minimum Gasteiger partial charge on any atom is -0.489 e. The van der Waals surface area contributed by atoms with Crippen LogP contribution in [0.3, 0.4) is 0 Å². The first kappa shape index (κ1) is 13.6. The number of thiophene rings is 1. The van der Waals surface area contributed by atoms with Gasteiger partial charge in [0.05, 0.1) is 5.56 Å². The summed E-state index contributed by atoms with van der Waals surface area (Å²) in [7, 11) is 0. The van der Waals surface area contributed by atoms with Gasteiger partial charge in [0.2, 0.25) is 5.78 Å². The molecule has 0 saturated heterocycles. The fourth-order valence-corrected chi connectivity index (χ4v) is 2.61. The molecule has 0 spiro atoms. The number of ether oxygens (including phenoxy) is 2. The predicted molar refractivity (Wildman–Crippen MR) is 84.0 cm³/mol. The molecule has 1 aliphatic heterocycles. The van der Waals surface area contributed by atoms with E-state index in [2.05, 4.69) is 6.58 Å². The average molecular weight is 298 g/mol. The van der Waals surface area contributed by atoms with Gasteiger partial charge in [-0.2, -0.15) is 0 Å². The maximum Gasteiger partial charge on any atom is 0.232 e. The largest absolute Gasteiger partial charge is 0.489 e. The van der Waals surface area contributed by atoms with Crippen LogP contribution in [-0.4, -0.2) is 12.4 Å². The number of carbonyl (C=O) groups is 1. The van der Waals surface area contributed by atoms with Gasteiger partial charge in [0.15, 0.2) is 5.76 Å². The quantitative estimate of drug-likeness (QED) is 0.623. The van der Waals surface area contributed by atoms with E-state index in [1.54, 1.807) is 35.6 Å². The Balaban J connectivity index is 1.84. The lowest BCUT2D eigenvalue weighted by atomic mass is 10.1. The lowest BCUT2D eigenvalue weighted by Crippen LogP contribution is -1.98. The molecule has 1 aliphatic rings. The number of fused-ring (bicyclic) bond motifs is 1. The second-order valence-corrected chi connectivity index (χ2v) is 5.84. The average Bonchev–Trinajstić information content (AvgIpc) is 3.06. The van der Waals surface area contributed by atoms with E-state index >= 15 is 0 Å². The van der Waals surface area contributed by atoms with E-state index in [1.165, 1.54) is 0 Å². The second kappa shape index (κ2) is 5.58. The molecule has 2 heterocycles. The van der Waals surface area contributed by atoms with Crippen molar-refractivity contribution in [3.8, 4) is 11.5 Å². The van der Waals surface area contributed by atoms with E-state index in [0.29, 0.717) is 29.4 Å². The molecule has 21 heavy (non-hydrogen) atoms. The van der Waals surface area contributed by atoms with Gasteiger partial charge in [-0.25, -0.2) is 0 Å². The van der Waals surface area contributed by atoms with Crippen LogP contribution in [0.2, 0.25) is 0 Å². The summed E-state index contributed by atoms with van der Waals surface area (Å²) < 4.78 is 11.2. The molecule has 1 aromatic carbocycles. The molecular weight excluding hydrogens is 284 g/mol. The van der Waals surface area contributed by atoms with Crippen LogP contribution in [0, 0.1) is 0 Å². The van der Waals surface area contributed by atoms with Crippen molar-refractivity contribution in [1.82, 2.24) is 0 Å². The summed E-state index contributed by atoms with van der Waals surface area (Å²) in [5, 5.41) is 1.96. The molecule has 2 aromatic rings. The molecule has 0 N–H and O–H groups in total. The molecule has 0 amide bonds. The maximum absolute atomic E-state index is 12.3. The van der Waals surface area contributed by atoms with E-state index in [4.69, 9.17) is 9.47 Å². The van der Waals surface area contributed by atoms with Crippen molar-refractivity contribution < 1.29 is 14.3 Å². The Bertz CT molecular complexity index is 726. The summed E-state index contributed by atoms with van der Waals surface area (Å²) in [5.41, 5.74) is 1.51. The zero-order valence-corrected chi connectivity index (χ0v) is 12.4. The first-order valence-electron chi connectivity index (χ1n) is 6.52. The summed E-state index contributed by atoms with van der Waals surface area (Å²) in [6.45, 7) is 6.14. The number of carbonyl (C=O) groups excluding carboxylic acids is 1. The zero-order chi connectivity index (χ0) is 14.8. The van der Waals surface area contributed by atoms with Gasteiger partial charge in [-0.1, -0.05) is 12.6 Å². The van der Waals surface area contributed by atoms with Crippen LogP contribution < -0.4 is 9.47 Å². The van der Waals surface area contributed by atoms with E-state index < -0.39 is 0 Å². The zero-order valence-electron chi connectivity index (χ0n) is 11.6. The third-order valence-corrected chi connectivity index (χ3v) is 3.76. The molecule has 0 unspecified atom stereocenters. The number of benzene rings is 1. The fourth-order valence-electron chi connectivity index (χ4n) is 1.97. The maximum atomic E-state index is 12.3. The number of rotatable bonds is 4. The van der Waals surface area contributed by atoms with Crippen molar-refractivity contribution in [2.45, 2.75) is 6.92 Å². The number of allylic oxidation sites excluding steroid dienone is 1. The molecule has 1 aromatic heterocycles. The van der Waals surface area contributed by atoms with Gasteiger partial charge in [-0.05, 0) is 36.1 Å². The van der Waals surface area contributed by atoms with Gasteiger partial charge < -0.3 is 9.47 Å². The first-order chi connectivity index (χ1) is 10.1. The first-order valence-corrected chi connectivity index (χ1v) is 7.40. The molecule has 0 saturated carbocycles. The summed E-state index contributed by atoms with van der Waals surface area (Å²) in [5.74, 6) is 1.47. The highest BCUT2D eigenvalue weighted by atomic mass is 32.1. The highest BCUT2D eigenvalue weighted by molar-refractivity contribution is 7.10. The highest BCUT2D eigenvalue weighted by Crippen LogP contribution is 2.35. The summed E-state index contributed by atoms with van der Waals surface area (Å²) in [4.78, 5) is 13.2. The number of hydrogen-bond acceptors (Lipinski definition) is 4. The molecular formula is C17H14O3S. The molecule has 3 nitrogen and oxygen atoms in total. The van der Waals surface area contributed by atoms with E-state index in [9.17, 15) is 4.79 Å². The summed E-state index contributed by atoms with van der Waals surface area (Å²) in [6.07, 6.45) is 1.77. The lowest BCUT2D eigenvalue weighted by Gasteiger charge is -2.06. The van der Waals surface area contributed by atoms with E-state index in [0.717, 1.165) is 10.5 Å². The summed E-state index contributed by atoms with van der Waals surface area (Å²) >= 11 is 1.56. The Labute approximate surface area is 127 Å². The summed E-state index contributed by atoms with van der Waals surface area (Å²) in [6, 6.07) is 9.13. The standard InChI is InChI=1S/C17H14O3S/c1-11(2)10-19-12-5-6-14-15(8-12)20-16(17(14)18)9-13-4-3-7-21-13/h3-9H,1,10H2,2H3/b16-9-. The third-order valence-electron chi connectivity index (χ3n) is 2.94. The van der Waals surface area contributed by atoms with Gasteiger partial charge >= 0.3 is 0 Å². The van der Waals surface area contributed by atoms with Crippen molar-refractivity contribution in [3.63, 3.8) is 0 Å². The van der Waals surface area contributed by atoms with Crippen LogP contribution in [-0.2, 0) is 0 Å². The topological polar surface area (TPSA) is 35.5 Å². The Morgan fingerprint density at radius 2 is 2.29 bits per heavy atom. The van der Waals surface area contributed by atoms with Crippen LogP contribution in [0.1, 0.15) is 22.2 Å². The van der Waals surface area contributed by atoms with E-state index in [-0.39, 0.29) is 5.78 Å². The highest BCUT2D eigenvalue weighted by Gasteiger charge is 2.27. The van der Waals surface area contributed by atoms with Crippen LogP contribution in [0.15, 0.2) is 53.6 Å². The Morgan fingerprint density at radius 3 is 3.00 bits per heavy atom. The Kier molecular flexibility index (Phi) is 3.62. The molecule has 0 atom stereocenters. The smallest absolute Gasteiger partial charge is 0.232 e. The predicted octanol–water partition coefficient (Wildman–Crippen LogP) is 4.32. The Morgan fingerprint density at radius 1 is 1.43 bits per heavy atom. The van der Waals surface area contributed by atoms with E-state index in [1.807, 2.05) is 24.4 Å². The van der Waals surface area contributed by atoms with Gasteiger partial charge in [0, 0.05) is 17.0 Å². The molecule has 0 fully saturated rings. The van der Waals surface area contributed by atoms with Crippen molar-refractivity contribution in [1.29, 1.82) is 0 Å². The number of hydrogen-bond donors (Lipinski definition) is 0. The molecule has 0 bridgehead atoms. The second-order valence-electron chi connectivity index (χ2n) is 4.86. The third kappa shape index (κ3) is 2.90. The molecule has 3 rings (SSSR count). The van der Waals surface area contributed by atoms with Crippen LogP contribution in [0.4, 0.5) is 0 Å². The normalized spacial score (nSPS) is 14.9. The molecule has 0 aliphatic carbocycles. The van der Waals surface area contributed by atoms with Crippen LogP contribution >= 0.6 is 11.3 Å². The SMILES string of the molecule is C=C(C)COc1ccc2c(c1)O/C(=C\c1cccs1)C2=O. The van der Waals surface area contributed by atoms with Crippen LogP contribution in [0.25, 0.3) is 6.08 Å². The van der Waals surface area contributed by atoms with Crippen molar-refractivity contribution in [2.75, 3.05) is 6.61 Å². The minimum absolute atomic E-state index is 0.0927. The molecule has 0 radical (unpaired) electrons. The van der Waals surface area contributed by atoms with Gasteiger partial charge in [0.1, 0.15) is 18.1 Å². The molecule has 4 heteroatoms. The van der Waals surface area contributed by atoms with Crippen molar-refractivity contribution >= 4 is 23.2 Å². The lowest BCUT2D eigenvalue weighted by molar-refractivity contribution is 0.101. The van der Waals surface area contributed by atoms with Gasteiger partial charge in [-0.15, -0.1) is 11.3 Å². The van der Waals surface area contributed by atoms with Crippen molar-refractivity contribution in [3.05, 3.63) is 64.1 Å². The van der Waals surface area contributed by atoms with Gasteiger partial charge in [0.25, 0.3) is 0 Å². The van der Waals surface area contributed by atoms with Crippen LogP contribution in [0.5, 0.6) is 11.5 Å². The fraction of sp³-hybridized carbons (Fsp3) is 0.118. The number of Topliss-reactive ketones (excluding diaryl/α,β-unsaturated/α-hetero) is 1. The van der Waals surface area contributed by atoms with Gasteiger partial charge in [-0.3, -0.25) is 4.79 Å². The minimum atomic E-state index is -0.0927. The number of ketones is 1. The molecule has 106 valence electrons.